The third-order valence-corrected chi connectivity index (χ3v) is 8.31. The number of carbonyl (C=O) groups is 1. The highest BCUT2D eigenvalue weighted by atomic mass is 32.2. The SMILES string of the molecule is CCCC(NS(=O)(=O)N1CCN(c2ccc(C#Cc3ccc4cccc(CC)c4c3)cc2)CC1)C(=O)O. The molecular weight excluding hydrogens is 486 g/mol. The van der Waals surface area contributed by atoms with Crippen LogP contribution in [-0.4, -0.2) is 56.0 Å². The first kappa shape index (κ1) is 26.7. The first-order chi connectivity index (χ1) is 17.8. The van der Waals surface area contributed by atoms with Gasteiger partial charge in [0.05, 0.1) is 0 Å². The molecule has 1 saturated heterocycles. The topological polar surface area (TPSA) is 90.0 Å². The molecule has 0 aromatic heterocycles. The molecular formula is C29H33N3O4S. The van der Waals surface area contributed by atoms with Crippen molar-refractivity contribution in [2.45, 2.75) is 39.2 Å². The summed E-state index contributed by atoms with van der Waals surface area (Å²) in [6.45, 7) is 5.61. The minimum Gasteiger partial charge on any atom is -0.480 e. The van der Waals surface area contributed by atoms with Gasteiger partial charge in [-0.2, -0.15) is 17.4 Å². The van der Waals surface area contributed by atoms with Gasteiger partial charge in [-0.3, -0.25) is 4.79 Å². The second kappa shape index (κ2) is 11.8. The Kier molecular flexibility index (Phi) is 8.49. The van der Waals surface area contributed by atoms with E-state index >= 15 is 0 Å². The highest BCUT2D eigenvalue weighted by Gasteiger charge is 2.31. The zero-order valence-corrected chi connectivity index (χ0v) is 22.1. The van der Waals surface area contributed by atoms with E-state index in [4.69, 9.17) is 0 Å². The van der Waals surface area contributed by atoms with Gasteiger partial charge in [0, 0.05) is 43.0 Å². The average molecular weight is 520 g/mol. The predicted octanol–water partition coefficient (Wildman–Crippen LogP) is 4.01. The van der Waals surface area contributed by atoms with Crippen LogP contribution in [0.25, 0.3) is 10.8 Å². The molecule has 37 heavy (non-hydrogen) atoms. The van der Waals surface area contributed by atoms with E-state index < -0.39 is 22.2 Å². The van der Waals surface area contributed by atoms with Gasteiger partial charge in [0.1, 0.15) is 6.04 Å². The number of benzene rings is 3. The summed E-state index contributed by atoms with van der Waals surface area (Å²) in [5.74, 6) is 5.36. The minimum absolute atomic E-state index is 0.254. The first-order valence-electron chi connectivity index (χ1n) is 12.7. The average Bonchev–Trinajstić information content (AvgIpc) is 2.91. The molecule has 4 rings (SSSR count). The van der Waals surface area contributed by atoms with Crippen LogP contribution >= 0.6 is 0 Å². The molecule has 1 atom stereocenters. The monoisotopic (exact) mass is 519 g/mol. The normalized spacial score (nSPS) is 15.2. The van der Waals surface area contributed by atoms with Crippen molar-refractivity contribution in [1.29, 1.82) is 0 Å². The Morgan fingerprint density at radius 3 is 2.30 bits per heavy atom. The van der Waals surface area contributed by atoms with E-state index in [-0.39, 0.29) is 19.5 Å². The van der Waals surface area contributed by atoms with Crippen molar-refractivity contribution in [3.63, 3.8) is 0 Å². The molecule has 0 spiro atoms. The number of hydrogen-bond acceptors (Lipinski definition) is 4. The molecule has 1 aliphatic heterocycles. The Labute approximate surface area is 219 Å². The van der Waals surface area contributed by atoms with Crippen molar-refractivity contribution in [2.75, 3.05) is 31.1 Å². The van der Waals surface area contributed by atoms with Crippen LogP contribution in [0.2, 0.25) is 0 Å². The lowest BCUT2D eigenvalue weighted by Gasteiger charge is -2.35. The van der Waals surface area contributed by atoms with Gasteiger partial charge in [0.25, 0.3) is 10.2 Å². The van der Waals surface area contributed by atoms with Gasteiger partial charge in [-0.05, 0) is 65.6 Å². The second-order valence-corrected chi connectivity index (χ2v) is 10.9. The van der Waals surface area contributed by atoms with E-state index in [9.17, 15) is 18.3 Å². The Hall–Kier alpha value is -3.38. The molecule has 1 unspecified atom stereocenters. The number of carboxylic acid groups (broad SMARTS) is 1. The van der Waals surface area contributed by atoms with E-state index in [1.54, 1.807) is 0 Å². The fraction of sp³-hybridized carbons (Fsp3) is 0.345. The number of carboxylic acids is 1. The molecule has 1 aliphatic rings. The molecule has 3 aromatic carbocycles. The molecule has 0 saturated carbocycles. The molecule has 2 N–H and O–H groups in total. The fourth-order valence-electron chi connectivity index (χ4n) is 4.59. The fourth-order valence-corrected chi connectivity index (χ4v) is 5.96. The van der Waals surface area contributed by atoms with Gasteiger partial charge >= 0.3 is 5.97 Å². The van der Waals surface area contributed by atoms with Crippen LogP contribution in [0, 0.1) is 11.8 Å². The smallest absolute Gasteiger partial charge is 0.321 e. The summed E-state index contributed by atoms with van der Waals surface area (Å²) in [6, 6.07) is 19.5. The third-order valence-electron chi connectivity index (χ3n) is 6.68. The van der Waals surface area contributed by atoms with Gasteiger partial charge in [0.15, 0.2) is 0 Å². The highest BCUT2D eigenvalue weighted by Crippen LogP contribution is 2.21. The molecule has 0 aliphatic carbocycles. The van der Waals surface area contributed by atoms with Crippen LogP contribution in [0.4, 0.5) is 5.69 Å². The van der Waals surface area contributed by atoms with E-state index in [1.807, 2.05) is 37.3 Å². The number of anilines is 1. The molecule has 0 bridgehead atoms. The summed E-state index contributed by atoms with van der Waals surface area (Å²) in [4.78, 5) is 13.5. The number of nitrogens with one attached hydrogen (secondary N) is 1. The number of nitrogens with zero attached hydrogens (tertiary/aromatic N) is 2. The van der Waals surface area contributed by atoms with Crippen LogP contribution in [0.3, 0.4) is 0 Å². The quantitative estimate of drug-likeness (QED) is 0.439. The lowest BCUT2D eigenvalue weighted by Crippen LogP contribution is -2.54. The number of aliphatic carboxylic acids is 1. The summed E-state index contributed by atoms with van der Waals surface area (Å²) >= 11 is 0. The van der Waals surface area contributed by atoms with Gasteiger partial charge < -0.3 is 10.0 Å². The Balaban J connectivity index is 1.38. The first-order valence-corrected chi connectivity index (χ1v) is 14.1. The van der Waals surface area contributed by atoms with Crippen molar-refractivity contribution in [1.82, 2.24) is 9.03 Å². The molecule has 1 fully saturated rings. The lowest BCUT2D eigenvalue weighted by atomic mass is 10.0. The Morgan fingerprint density at radius 1 is 0.973 bits per heavy atom. The van der Waals surface area contributed by atoms with Crippen molar-refractivity contribution in [3.05, 3.63) is 77.4 Å². The van der Waals surface area contributed by atoms with Crippen molar-refractivity contribution in [2.24, 2.45) is 0 Å². The van der Waals surface area contributed by atoms with Crippen molar-refractivity contribution < 1.29 is 18.3 Å². The standard InChI is InChI=1S/C29H33N3O4S/c1-3-6-28(29(33)34)30-37(35,36)32-19-17-31(18-20-32)26-15-12-22(13-16-26)9-10-23-11-14-25-8-5-7-24(4-2)27(25)21-23/h5,7-8,11-16,21,28,30H,3-4,6,17-20H2,1-2H3,(H,33,34). The van der Waals surface area contributed by atoms with Gasteiger partial charge in [-0.15, -0.1) is 0 Å². The minimum atomic E-state index is -3.86. The van der Waals surface area contributed by atoms with Gasteiger partial charge in [-0.25, -0.2) is 0 Å². The maximum absolute atomic E-state index is 12.7. The van der Waals surface area contributed by atoms with Crippen molar-refractivity contribution in [3.8, 4) is 11.8 Å². The van der Waals surface area contributed by atoms with Gasteiger partial charge in [-0.1, -0.05) is 56.4 Å². The molecule has 194 valence electrons. The van der Waals surface area contributed by atoms with Gasteiger partial charge in [0.2, 0.25) is 0 Å². The van der Waals surface area contributed by atoms with Crippen LogP contribution < -0.4 is 9.62 Å². The summed E-state index contributed by atoms with van der Waals surface area (Å²) < 4.78 is 29.0. The molecule has 3 aromatic rings. The largest absolute Gasteiger partial charge is 0.480 e. The summed E-state index contributed by atoms with van der Waals surface area (Å²) in [5.41, 5.74) is 4.21. The number of hydrogen-bond donors (Lipinski definition) is 2. The lowest BCUT2D eigenvalue weighted by molar-refractivity contribution is -0.139. The van der Waals surface area contributed by atoms with Crippen LogP contribution in [-0.2, 0) is 21.4 Å². The number of piperazine rings is 1. The summed E-state index contributed by atoms with van der Waals surface area (Å²) in [7, 11) is -3.86. The number of fused-ring (bicyclic) bond motifs is 1. The maximum Gasteiger partial charge on any atom is 0.321 e. The van der Waals surface area contributed by atoms with Crippen molar-refractivity contribution >= 4 is 32.6 Å². The number of aryl methyl sites for hydroxylation is 1. The third kappa shape index (κ3) is 6.50. The van der Waals surface area contributed by atoms with E-state index in [0.29, 0.717) is 19.5 Å². The Bertz CT molecular complexity index is 1420. The molecule has 1 heterocycles. The molecule has 0 radical (unpaired) electrons. The molecule has 8 heteroatoms. The van der Waals surface area contributed by atoms with E-state index in [1.165, 1.54) is 20.6 Å². The maximum atomic E-state index is 12.7. The van der Waals surface area contributed by atoms with E-state index in [2.05, 4.69) is 58.7 Å². The zero-order chi connectivity index (χ0) is 26.4. The van der Waals surface area contributed by atoms with Crippen LogP contribution in [0.5, 0.6) is 0 Å². The highest BCUT2D eigenvalue weighted by molar-refractivity contribution is 7.87. The van der Waals surface area contributed by atoms with Crippen LogP contribution in [0.1, 0.15) is 43.4 Å². The zero-order valence-electron chi connectivity index (χ0n) is 21.3. The van der Waals surface area contributed by atoms with Crippen LogP contribution in [0.15, 0.2) is 60.7 Å². The molecule has 0 amide bonds. The number of rotatable bonds is 8. The Morgan fingerprint density at radius 2 is 1.65 bits per heavy atom. The summed E-state index contributed by atoms with van der Waals surface area (Å²) in [5, 5.41) is 11.7. The predicted molar refractivity (Wildman–Crippen MR) is 148 cm³/mol. The second-order valence-electron chi connectivity index (χ2n) is 9.19. The summed E-state index contributed by atoms with van der Waals surface area (Å²) in [6.07, 6.45) is 1.81. The molecule has 7 nitrogen and oxygen atoms in total. The van der Waals surface area contributed by atoms with E-state index in [0.717, 1.165) is 23.2 Å².